The SMILES string of the molecule is CCc1ccccc1NC(=O)CN(C)C1CCc2ccccc21. The lowest BCUT2D eigenvalue weighted by Crippen LogP contribution is -2.32. The van der Waals surface area contributed by atoms with E-state index in [1.165, 1.54) is 16.7 Å². The Hall–Kier alpha value is -2.13. The number of likely N-dealkylation sites (N-methyl/N-ethyl adjacent to an activating group) is 1. The Morgan fingerprint density at radius 2 is 1.91 bits per heavy atom. The second-order valence-corrected chi connectivity index (χ2v) is 6.23. The summed E-state index contributed by atoms with van der Waals surface area (Å²) in [7, 11) is 2.04. The summed E-state index contributed by atoms with van der Waals surface area (Å²) >= 11 is 0. The number of benzene rings is 2. The molecule has 1 N–H and O–H groups in total. The Balaban J connectivity index is 1.64. The van der Waals surface area contributed by atoms with Crippen molar-refractivity contribution in [2.75, 3.05) is 18.9 Å². The summed E-state index contributed by atoms with van der Waals surface area (Å²) in [5.41, 5.74) is 4.90. The van der Waals surface area contributed by atoms with E-state index in [-0.39, 0.29) is 5.91 Å². The van der Waals surface area contributed by atoms with Crippen LogP contribution in [-0.4, -0.2) is 24.4 Å². The molecule has 0 fully saturated rings. The number of amides is 1. The highest BCUT2D eigenvalue weighted by Gasteiger charge is 2.26. The molecule has 0 spiro atoms. The predicted molar refractivity (Wildman–Crippen MR) is 94.6 cm³/mol. The van der Waals surface area contributed by atoms with Crippen molar-refractivity contribution in [2.24, 2.45) is 0 Å². The standard InChI is InChI=1S/C20H24N2O/c1-3-15-8-5-7-11-18(15)21-20(23)14-22(2)19-13-12-16-9-4-6-10-17(16)19/h4-11,19H,3,12-14H2,1-2H3,(H,21,23). The maximum absolute atomic E-state index is 12.4. The van der Waals surface area contributed by atoms with Crippen LogP contribution in [0.1, 0.15) is 36.1 Å². The van der Waals surface area contributed by atoms with Crippen molar-refractivity contribution >= 4 is 11.6 Å². The van der Waals surface area contributed by atoms with Crippen molar-refractivity contribution in [3.05, 3.63) is 65.2 Å². The lowest BCUT2D eigenvalue weighted by molar-refractivity contribution is -0.117. The molecule has 1 aliphatic rings. The van der Waals surface area contributed by atoms with Gasteiger partial charge in [0.1, 0.15) is 0 Å². The number of aryl methyl sites for hydroxylation is 2. The average molecular weight is 308 g/mol. The van der Waals surface area contributed by atoms with E-state index in [0.29, 0.717) is 12.6 Å². The van der Waals surface area contributed by atoms with Crippen LogP contribution in [0.3, 0.4) is 0 Å². The number of nitrogens with zero attached hydrogens (tertiary/aromatic N) is 1. The minimum atomic E-state index is 0.0535. The number of anilines is 1. The van der Waals surface area contributed by atoms with Crippen molar-refractivity contribution in [1.82, 2.24) is 4.90 Å². The third-order valence-corrected chi connectivity index (χ3v) is 4.70. The first-order valence-electron chi connectivity index (χ1n) is 8.35. The smallest absolute Gasteiger partial charge is 0.238 e. The Kier molecular flexibility index (Phi) is 4.77. The van der Waals surface area contributed by atoms with Gasteiger partial charge >= 0.3 is 0 Å². The fourth-order valence-electron chi connectivity index (χ4n) is 3.47. The quantitative estimate of drug-likeness (QED) is 0.911. The van der Waals surface area contributed by atoms with Gasteiger partial charge in [0.15, 0.2) is 0 Å². The fraction of sp³-hybridized carbons (Fsp3) is 0.350. The Labute approximate surface area is 138 Å². The highest BCUT2D eigenvalue weighted by molar-refractivity contribution is 5.93. The summed E-state index contributed by atoms with van der Waals surface area (Å²) in [5.74, 6) is 0.0535. The van der Waals surface area contributed by atoms with E-state index in [0.717, 1.165) is 24.9 Å². The molecule has 0 bridgehead atoms. The van der Waals surface area contributed by atoms with Gasteiger partial charge in [-0.05, 0) is 49.1 Å². The van der Waals surface area contributed by atoms with Crippen LogP contribution in [0.25, 0.3) is 0 Å². The van der Waals surface area contributed by atoms with Gasteiger partial charge in [0.2, 0.25) is 5.91 Å². The molecule has 1 atom stereocenters. The molecule has 0 saturated carbocycles. The second-order valence-electron chi connectivity index (χ2n) is 6.23. The molecule has 1 unspecified atom stereocenters. The first kappa shape index (κ1) is 15.8. The molecule has 3 rings (SSSR count). The van der Waals surface area contributed by atoms with Crippen molar-refractivity contribution < 1.29 is 4.79 Å². The van der Waals surface area contributed by atoms with Crippen LogP contribution in [0.4, 0.5) is 5.69 Å². The summed E-state index contributed by atoms with van der Waals surface area (Å²) in [6.07, 6.45) is 3.11. The lowest BCUT2D eigenvalue weighted by atomic mass is 10.1. The van der Waals surface area contributed by atoms with Crippen molar-refractivity contribution in [3.8, 4) is 0 Å². The molecule has 3 heteroatoms. The molecule has 120 valence electrons. The lowest BCUT2D eigenvalue weighted by Gasteiger charge is -2.24. The van der Waals surface area contributed by atoms with E-state index in [4.69, 9.17) is 0 Å². The van der Waals surface area contributed by atoms with Gasteiger partial charge in [-0.15, -0.1) is 0 Å². The minimum Gasteiger partial charge on any atom is -0.325 e. The molecule has 2 aromatic rings. The number of para-hydroxylation sites is 1. The number of hydrogen-bond acceptors (Lipinski definition) is 2. The second kappa shape index (κ2) is 6.97. The van der Waals surface area contributed by atoms with Crippen LogP contribution in [0.15, 0.2) is 48.5 Å². The zero-order valence-electron chi connectivity index (χ0n) is 13.9. The molecule has 2 aromatic carbocycles. The zero-order valence-corrected chi connectivity index (χ0v) is 13.9. The van der Waals surface area contributed by atoms with Crippen molar-refractivity contribution in [2.45, 2.75) is 32.2 Å². The molecule has 0 aromatic heterocycles. The molecule has 0 heterocycles. The van der Waals surface area contributed by atoms with E-state index >= 15 is 0 Å². The molecule has 23 heavy (non-hydrogen) atoms. The summed E-state index contributed by atoms with van der Waals surface area (Å²) in [6.45, 7) is 2.52. The summed E-state index contributed by atoms with van der Waals surface area (Å²) < 4.78 is 0. The third kappa shape index (κ3) is 3.45. The zero-order chi connectivity index (χ0) is 16.2. The van der Waals surface area contributed by atoms with E-state index < -0.39 is 0 Å². The molecule has 3 nitrogen and oxygen atoms in total. The fourth-order valence-corrected chi connectivity index (χ4v) is 3.47. The van der Waals surface area contributed by atoms with E-state index in [9.17, 15) is 4.79 Å². The number of nitrogens with one attached hydrogen (secondary N) is 1. The Bertz CT molecular complexity index is 696. The molecule has 0 saturated heterocycles. The predicted octanol–water partition coefficient (Wildman–Crippen LogP) is 3.81. The van der Waals surface area contributed by atoms with Crippen LogP contribution in [0.5, 0.6) is 0 Å². The monoisotopic (exact) mass is 308 g/mol. The molecule has 0 aliphatic heterocycles. The topological polar surface area (TPSA) is 32.3 Å². The highest BCUT2D eigenvalue weighted by atomic mass is 16.2. The summed E-state index contributed by atoms with van der Waals surface area (Å²) in [4.78, 5) is 14.6. The number of carbonyl (C=O) groups is 1. The van der Waals surface area contributed by atoms with Crippen molar-refractivity contribution in [3.63, 3.8) is 0 Å². The molecular formula is C20H24N2O. The largest absolute Gasteiger partial charge is 0.325 e. The molecule has 1 amide bonds. The van der Waals surface area contributed by atoms with Gasteiger partial charge in [-0.1, -0.05) is 49.4 Å². The Morgan fingerprint density at radius 3 is 2.74 bits per heavy atom. The first-order chi connectivity index (χ1) is 11.2. The maximum atomic E-state index is 12.4. The van der Waals surface area contributed by atoms with Gasteiger partial charge < -0.3 is 5.32 Å². The molecular weight excluding hydrogens is 284 g/mol. The van der Waals surface area contributed by atoms with Gasteiger partial charge in [-0.2, -0.15) is 0 Å². The molecule has 0 radical (unpaired) electrons. The van der Waals surface area contributed by atoms with Gasteiger partial charge in [0, 0.05) is 11.7 Å². The summed E-state index contributed by atoms with van der Waals surface area (Å²) in [5, 5.41) is 3.06. The van der Waals surface area contributed by atoms with E-state index in [1.54, 1.807) is 0 Å². The number of hydrogen-bond donors (Lipinski definition) is 1. The van der Waals surface area contributed by atoms with Crippen LogP contribution >= 0.6 is 0 Å². The maximum Gasteiger partial charge on any atom is 0.238 e. The van der Waals surface area contributed by atoms with Gasteiger partial charge in [0.05, 0.1) is 6.54 Å². The van der Waals surface area contributed by atoms with Crippen LogP contribution in [0.2, 0.25) is 0 Å². The van der Waals surface area contributed by atoms with E-state index in [1.807, 2.05) is 25.2 Å². The van der Waals surface area contributed by atoms with Gasteiger partial charge in [-0.25, -0.2) is 0 Å². The number of carbonyl (C=O) groups excluding carboxylic acids is 1. The van der Waals surface area contributed by atoms with Gasteiger partial charge in [-0.3, -0.25) is 9.69 Å². The summed E-state index contributed by atoms with van der Waals surface area (Å²) in [6, 6.07) is 16.9. The van der Waals surface area contributed by atoms with E-state index in [2.05, 4.69) is 47.5 Å². The van der Waals surface area contributed by atoms with Crippen LogP contribution in [0, 0.1) is 0 Å². The van der Waals surface area contributed by atoms with Crippen molar-refractivity contribution in [1.29, 1.82) is 0 Å². The normalized spacial score (nSPS) is 16.4. The minimum absolute atomic E-state index is 0.0535. The third-order valence-electron chi connectivity index (χ3n) is 4.70. The average Bonchev–Trinajstić information content (AvgIpc) is 2.99. The highest BCUT2D eigenvalue weighted by Crippen LogP contribution is 2.34. The Morgan fingerprint density at radius 1 is 1.17 bits per heavy atom. The van der Waals surface area contributed by atoms with Crippen LogP contribution in [-0.2, 0) is 17.6 Å². The van der Waals surface area contributed by atoms with Crippen LogP contribution < -0.4 is 5.32 Å². The number of rotatable bonds is 5. The number of fused-ring (bicyclic) bond motifs is 1. The van der Waals surface area contributed by atoms with Gasteiger partial charge in [0.25, 0.3) is 0 Å². The first-order valence-corrected chi connectivity index (χ1v) is 8.35. The molecule has 1 aliphatic carbocycles.